The van der Waals surface area contributed by atoms with Crippen molar-refractivity contribution in [2.75, 3.05) is 39.3 Å². The number of nitrogens with one attached hydrogen (secondary N) is 1. The summed E-state index contributed by atoms with van der Waals surface area (Å²) in [5.74, 6) is -0.131. The molecule has 2 fully saturated rings. The molecule has 2 saturated heterocycles. The second-order valence-corrected chi connectivity index (χ2v) is 7.72. The summed E-state index contributed by atoms with van der Waals surface area (Å²) < 4.78 is 13.8. The molecule has 1 amide bonds. The van der Waals surface area contributed by atoms with Crippen LogP contribution in [0.2, 0.25) is 0 Å². The molecule has 2 aliphatic rings. The van der Waals surface area contributed by atoms with Crippen LogP contribution in [0.25, 0.3) is 0 Å². The first-order valence-corrected chi connectivity index (χ1v) is 9.51. The van der Waals surface area contributed by atoms with Gasteiger partial charge in [-0.2, -0.15) is 0 Å². The Hall–Kier alpha value is -0.690. The van der Waals surface area contributed by atoms with E-state index in [1.54, 1.807) is 12.1 Å². The Bertz CT molecular complexity index is 598. The van der Waals surface area contributed by atoms with E-state index in [1.165, 1.54) is 6.07 Å². The summed E-state index contributed by atoms with van der Waals surface area (Å²) in [5, 5.41) is 3.37. The van der Waals surface area contributed by atoms with Gasteiger partial charge in [0, 0.05) is 51.2 Å². The van der Waals surface area contributed by atoms with Crippen molar-refractivity contribution in [3.05, 3.63) is 34.1 Å². The molecule has 0 saturated carbocycles. The van der Waals surface area contributed by atoms with E-state index >= 15 is 0 Å². The maximum atomic E-state index is 13.3. The molecule has 0 radical (unpaired) electrons. The van der Waals surface area contributed by atoms with Gasteiger partial charge in [0.2, 0.25) is 5.91 Å². The van der Waals surface area contributed by atoms with E-state index < -0.39 is 0 Å². The van der Waals surface area contributed by atoms with E-state index in [1.807, 2.05) is 11.8 Å². The fourth-order valence-corrected chi connectivity index (χ4v) is 4.13. The Balaban J connectivity index is 0.00000225. The van der Waals surface area contributed by atoms with Crippen LogP contribution in [0.1, 0.15) is 18.9 Å². The van der Waals surface area contributed by atoms with Gasteiger partial charge in [0.15, 0.2) is 0 Å². The summed E-state index contributed by atoms with van der Waals surface area (Å²) >= 11 is 3.21. The van der Waals surface area contributed by atoms with Gasteiger partial charge in [0.05, 0.1) is 4.47 Å². The lowest BCUT2D eigenvalue weighted by atomic mass is 10.00. The number of halogens is 3. The van der Waals surface area contributed by atoms with E-state index in [2.05, 4.69) is 26.1 Å². The van der Waals surface area contributed by atoms with Gasteiger partial charge in [-0.15, -0.1) is 12.4 Å². The van der Waals surface area contributed by atoms with Gasteiger partial charge in [-0.05, 0) is 46.5 Å². The first kappa shape index (κ1) is 20.6. The molecule has 4 nitrogen and oxygen atoms in total. The first-order chi connectivity index (χ1) is 11.5. The molecule has 2 unspecified atom stereocenters. The van der Waals surface area contributed by atoms with Gasteiger partial charge in [0.25, 0.3) is 0 Å². The highest BCUT2D eigenvalue weighted by Gasteiger charge is 2.32. The lowest BCUT2D eigenvalue weighted by Crippen LogP contribution is -2.49. The van der Waals surface area contributed by atoms with Crippen LogP contribution in [0.15, 0.2) is 22.7 Å². The number of nitrogens with zero attached hydrogens (tertiary/aromatic N) is 2. The monoisotopic (exact) mass is 433 g/mol. The quantitative estimate of drug-likeness (QED) is 0.791. The van der Waals surface area contributed by atoms with Gasteiger partial charge in [-0.25, -0.2) is 4.39 Å². The molecule has 2 heterocycles. The van der Waals surface area contributed by atoms with Gasteiger partial charge in [0.1, 0.15) is 5.82 Å². The number of carbonyl (C=O) groups is 1. The van der Waals surface area contributed by atoms with Crippen molar-refractivity contribution >= 4 is 34.2 Å². The zero-order valence-corrected chi connectivity index (χ0v) is 16.9. The van der Waals surface area contributed by atoms with E-state index in [0.29, 0.717) is 16.9 Å². The van der Waals surface area contributed by atoms with Gasteiger partial charge in [-0.1, -0.05) is 13.0 Å². The van der Waals surface area contributed by atoms with Crippen molar-refractivity contribution in [3.8, 4) is 0 Å². The Kier molecular flexibility index (Phi) is 7.68. The standard InChI is InChI=1S/C18H25BrFN3O.ClH/c1-13(10-14-2-3-17(20)16(19)11-14)18(24)23-7-4-15(12-23)22-8-5-21-6-9-22;/h2-3,11,13,15,21H,4-10,12H2,1H3;1H. The molecule has 3 rings (SSSR count). The number of rotatable bonds is 4. The minimum absolute atomic E-state index is 0. The topological polar surface area (TPSA) is 35.6 Å². The SMILES string of the molecule is CC(Cc1ccc(F)c(Br)c1)C(=O)N1CCC(N2CCNCC2)C1.Cl. The average molecular weight is 435 g/mol. The lowest BCUT2D eigenvalue weighted by Gasteiger charge is -2.32. The third-order valence-corrected chi connectivity index (χ3v) is 5.70. The van der Waals surface area contributed by atoms with Crippen LogP contribution in [0, 0.1) is 11.7 Å². The number of carbonyl (C=O) groups excluding carboxylic acids is 1. The second-order valence-electron chi connectivity index (χ2n) is 6.87. The molecule has 2 atom stereocenters. The maximum absolute atomic E-state index is 13.3. The average Bonchev–Trinajstić information content (AvgIpc) is 3.08. The molecule has 1 aromatic rings. The van der Waals surface area contributed by atoms with E-state index in [0.717, 1.165) is 51.3 Å². The van der Waals surface area contributed by atoms with Crippen molar-refractivity contribution in [2.45, 2.75) is 25.8 Å². The number of likely N-dealkylation sites (tertiary alicyclic amines) is 1. The van der Waals surface area contributed by atoms with E-state index in [-0.39, 0.29) is 30.0 Å². The van der Waals surface area contributed by atoms with Crippen molar-refractivity contribution in [1.29, 1.82) is 0 Å². The van der Waals surface area contributed by atoms with Crippen molar-refractivity contribution < 1.29 is 9.18 Å². The Morgan fingerprint density at radius 3 is 2.76 bits per heavy atom. The van der Waals surface area contributed by atoms with Crippen LogP contribution >= 0.6 is 28.3 Å². The minimum atomic E-state index is -0.267. The molecule has 1 aromatic carbocycles. The predicted molar refractivity (Wildman–Crippen MR) is 104 cm³/mol. The van der Waals surface area contributed by atoms with Crippen LogP contribution in [0.5, 0.6) is 0 Å². The van der Waals surface area contributed by atoms with E-state index in [4.69, 9.17) is 0 Å². The normalized spacial score (nSPS) is 22.5. The second kappa shape index (κ2) is 9.31. The largest absolute Gasteiger partial charge is 0.341 e. The summed E-state index contributed by atoms with van der Waals surface area (Å²) in [7, 11) is 0. The molecule has 0 spiro atoms. The zero-order valence-electron chi connectivity index (χ0n) is 14.5. The fourth-order valence-electron chi connectivity index (χ4n) is 3.71. The predicted octanol–water partition coefficient (Wildman–Crippen LogP) is 2.69. The molecular weight excluding hydrogens is 409 g/mol. The van der Waals surface area contributed by atoms with Crippen molar-refractivity contribution in [1.82, 2.24) is 15.1 Å². The number of amides is 1. The van der Waals surface area contributed by atoms with Crippen LogP contribution in [0.4, 0.5) is 4.39 Å². The molecule has 1 N–H and O–H groups in total. The molecule has 0 aliphatic carbocycles. The fraction of sp³-hybridized carbons (Fsp3) is 0.611. The summed E-state index contributed by atoms with van der Waals surface area (Å²) in [6.45, 7) is 7.90. The van der Waals surface area contributed by atoms with Gasteiger partial charge >= 0.3 is 0 Å². The zero-order chi connectivity index (χ0) is 17.1. The number of hydrogen-bond acceptors (Lipinski definition) is 3. The van der Waals surface area contributed by atoms with Crippen LogP contribution in [-0.2, 0) is 11.2 Å². The molecule has 0 aromatic heterocycles. The number of piperazine rings is 1. The smallest absolute Gasteiger partial charge is 0.225 e. The number of hydrogen-bond donors (Lipinski definition) is 1. The lowest BCUT2D eigenvalue weighted by molar-refractivity contribution is -0.134. The van der Waals surface area contributed by atoms with Gasteiger partial charge in [-0.3, -0.25) is 9.69 Å². The highest BCUT2D eigenvalue weighted by Crippen LogP contribution is 2.22. The summed E-state index contributed by atoms with van der Waals surface area (Å²) in [4.78, 5) is 17.3. The highest BCUT2D eigenvalue weighted by molar-refractivity contribution is 9.10. The van der Waals surface area contributed by atoms with Gasteiger partial charge < -0.3 is 10.2 Å². The molecule has 0 bridgehead atoms. The van der Waals surface area contributed by atoms with E-state index in [9.17, 15) is 9.18 Å². The highest BCUT2D eigenvalue weighted by atomic mass is 79.9. The molecule has 2 aliphatic heterocycles. The molecular formula is C18H26BrClFN3O. The number of benzene rings is 1. The van der Waals surface area contributed by atoms with Crippen LogP contribution in [-0.4, -0.2) is 61.0 Å². The first-order valence-electron chi connectivity index (χ1n) is 8.72. The summed E-state index contributed by atoms with van der Waals surface area (Å²) in [6.07, 6.45) is 1.72. The third kappa shape index (κ3) is 5.16. The third-order valence-electron chi connectivity index (χ3n) is 5.09. The summed E-state index contributed by atoms with van der Waals surface area (Å²) in [6, 6.07) is 5.49. The van der Waals surface area contributed by atoms with Crippen LogP contribution in [0.3, 0.4) is 0 Å². The van der Waals surface area contributed by atoms with Crippen molar-refractivity contribution in [3.63, 3.8) is 0 Å². The Labute approximate surface area is 163 Å². The minimum Gasteiger partial charge on any atom is -0.341 e. The van der Waals surface area contributed by atoms with Crippen molar-refractivity contribution in [2.24, 2.45) is 5.92 Å². The molecule has 7 heteroatoms. The maximum Gasteiger partial charge on any atom is 0.225 e. The molecule has 140 valence electrons. The van der Waals surface area contributed by atoms with Crippen LogP contribution < -0.4 is 5.32 Å². The molecule has 25 heavy (non-hydrogen) atoms. The Morgan fingerprint density at radius 1 is 1.36 bits per heavy atom. The summed E-state index contributed by atoms with van der Waals surface area (Å²) in [5.41, 5.74) is 0.988. The Morgan fingerprint density at radius 2 is 2.08 bits per heavy atom.